The van der Waals surface area contributed by atoms with Gasteiger partial charge in [-0.1, -0.05) is 17.9 Å². The second-order valence-electron chi connectivity index (χ2n) is 4.01. The fraction of sp³-hybridized carbons (Fsp3) is 0.133. The third kappa shape index (κ3) is 3.54. The maximum atomic E-state index is 13.2. The molecule has 0 amide bonds. The molecular weight excluding hydrogens is 243 g/mol. The van der Waals surface area contributed by atoms with Crippen LogP contribution in [0.15, 0.2) is 47.5 Å². The normalized spacial score (nSPS) is 9.79. The van der Waals surface area contributed by atoms with Crippen LogP contribution in [0.3, 0.4) is 0 Å². The van der Waals surface area contributed by atoms with Crippen molar-refractivity contribution in [1.29, 1.82) is 0 Å². The molecule has 4 heteroatoms. The Balaban J connectivity index is 2.33. The minimum absolute atomic E-state index is 0.0431. The molecule has 0 unspecified atom stereocenters. The Morgan fingerprint density at radius 2 is 1.95 bits per heavy atom. The van der Waals surface area contributed by atoms with Gasteiger partial charge in [-0.2, -0.15) is 0 Å². The number of nitrogens with two attached hydrogens (primary N) is 1. The summed E-state index contributed by atoms with van der Waals surface area (Å²) in [7, 11) is 0. The van der Waals surface area contributed by atoms with Crippen LogP contribution in [0.4, 0.5) is 4.39 Å². The van der Waals surface area contributed by atoms with Crippen molar-refractivity contribution in [3.8, 4) is 11.8 Å². The smallest absolute Gasteiger partial charge is 0.181 e. The minimum atomic E-state index is -0.329. The molecule has 0 aliphatic carbocycles. The van der Waals surface area contributed by atoms with Crippen molar-refractivity contribution in [2.45, 2.75) is 6.54 Å². The summed E-state index contributed by atoms with van der Waals surface area (Å²) in [6.45, 7) is 0.753. The molecule has 0 saturated heterocycles. The van der Waals surface area contributed by atoms with Crippen LogP contribution in [0.1, 0.15) is 11.1 Å². The Bertz CT molecular complexity index is 675. The third-order valence-corrected chi connectivity index (χ3v) is 2.61. The number of rotatable bonds is 2. The van der Waals surface area contributed by atoms with E-state index in [1.54, 1.807) is 18.5 Å². The largest absolute Gasteiger partial charge is 0.350 e. The van der Waals surface area contributed by atoms with Gasteiger partial charge < -0.3 is 10.3 Å². The van der Waals surface area contributed by atoms with Gasteiger partial charge >= 0.3 is 0 Å². The van der Waals surface area contributed by atoms with Gasteiger partial charge in [-0.25, -0.2) is 4.39 Å². The van der Waals surface area contributed by atoms with Crippen molar-refractivity contribution in [2.24, 2.45) is 5.73 Å². The van der Waals surface area contributed by atoms with Crippen LogP contribution in [0, 0.1) is 17.7 Å². The lowest BCUT2D eigenvalue weighted by Gasteiger charge is -2.08. The van der Waals surface area contributed by atoms with E-state index >= 15 is 0 Å². The lowest BCUT2D eigenvalue weighted by molar-refractivity contribution is 0.625. The maximum absolute atomic E-state index is 13.2. The highest BCUT2D eigenvalue weighted by atomic mass is 19.1. The molecule has 2 aromatic rings. The van der Waals surface area contributed by atoms with Crippen LogP contribution in [-0.4, -0.2) is 11.1 Å². The van der Waals surface area contributed by atoms with Crippen molar-refractivity contribution < 1.29 is 4.39 Å². The first-order valence-electron chi connectivity index (χ1n) is 5.82. The van der Waals surface area contributed by atoms with Gasteiger partial charge in [0, 0.05) is 36.6 Å². The number of nitrogens with zero attached hydrogens (tertiary/aromatic N) is 1. The van der Waals surface area contributed by atoms with Crippen LogP contribution >= 0.6 is 0 Å². The van der Waals surface area contributed by atoms with Crippen molar-refractivity contribution in [3.63, 3.8) is 0 Å². The van der Waals surface area contributed by atoms with Crippen molar-refractivity contribution in [2.75, 3.05) is 6.54 Å². The van der Waals surface area contributed by atoms with E-state index in [1.807, 2.05) is 4.57 Å². The number of aromatic nitrogens is 1. The first-order valence-corrected chi connectivity index (χ1v) is 5.82. The Hall–Kier alpha value is -2.38. The van der Waals surface area contributed by atoms with Crippen molar-refractivity contribution in [1.82, 2.24) is 4.57 Å². The molecule has 0 spiro atoms. The fourth-order valence-corrected chi connectivity index (χ4v) is 1.69. The van der Waals surface area contributed by atoms with Crippen LogP contribution in [-0.2, 0) is 6.54 Å². The highest BCUT2D eigenvalue weighted by Crippen LogP contribution is 2.11. The highest BCUT2D eigenvalue weighted by molar-refractivity contribution is 5.42. The minimum Gasteiger partial charge on any atom is -0.350 e. The average molecular weight is 256 g/mol. The summed E-state index contributed by atoms with van der Waals surface area (Å²) >= 11 is 0. The topological polar surface area (TPSA) is 48.0 Å². The Kier molecular flexibility index (Phi) is 4.11. The van der Waals surface area contributed by atoms with Crippen LogP contribution in [0.5, 0.6) is 0 Å². The van der Waals surface area contributed by atoms with E-state index in [1.165, 1.54) is 24.3 Å². The number of hydrogen-bond donors (Lipinski definition) is 1. The standard InChI is InChI=1S/C15H13FN2O/c16-14-4-3-13(12(10-14)2-1-7-17)11-18-8-5-15(19)6-9-18/h3-6,8-10H,7,11,17H2. The van der Waals surface area contributed by atoms with E-state index in [-0.39, 0.29) is 17.8 Å². The number of pyridine rings is 1. The van der Waals surface area contributed by atoms with Gasteiger partial charge in [0.1, 0.15) is 5.82 Å². The Labute approximate surface area is 110 Å². The van der Waals surface area contributed by atoms with Gasteiger partial charge in [-0.05, 0) is 17.7 Å². The molecule has 0 aliphatic heterocycles. The molecule has 2 N–H and O–H groups in total. The molecule has 0 fully saturated rings. The molecular formula is C15H13FN2O. The summed E-state index contributed by atoms with van der Waals surface area (Å²) < 4.78 is 15.1. The summed E-state index contributed by atoms with van der Waals surface area (Å²) in [5, 5.41) is 0. The molecule has 96 valence electrons. The zero-order valence-electron chi connectivity index (χ0n) is 10.3. The second kappa shape index (κ2) is 5.98. The zero-order chi connectivity index (χ0) is 13.7. The van der Waals surface area contributed by atoms with Gasteiger partial charge in [0.2, 0.25) is 0 Å². The fourth-order valence-electron chi connectivity index (χ4n) is 1.69. The van der Waals surface area contributed by atoms with E-state index < -0.39 is 0 Å². The average Bonchev–Trinajstić information content (AvgIpc) is 2.41. The molecule has 0 saturated carbocycles. The molecule has 0 atom stereocenters. The predicted octanol–water partition coefficient (Wildman–Crippen LogP) is 1.35. The summed E-state index contributed by atoms with van der Waals surface area (Å²) in [4.78, 5) is 11.0. The summed E-state index contributed by atoms with van der Waals surface area (Å²) in [6.07, 6.45) is 3.37. The summed E-state index contributed by atoms with van der Waals surface area (Å²) in [5.41, 5.74) is 6.78. The first kappa shape index (κ1) is 13.1. The van der Waals surface area contributed by atoms with E-state index in [2.05, 4.69) is 11.8 Å². The second-order valence-corrected chi connectivity index (χ2v) is 4.01. The Morgan fingerprint density at radius 1 is 1.21 bits per heavy atom. The lowest BCUT2D eigenvalue weighted by atomic mass is 10.1. The number of halogens is 1. The Morgan fingerprint density at radius 3 is 2.63 bits per heavy atom. The van der Waals surface area contributed by atoms with Gasteiger partial charge in [-0.3, -0.25) is 4.79 Å². The van der Waals surface area contributed by atoms with E-state index in [9.17, 15) is 9.18 Å². The molecule has 1 aromatic heterocycles. The predicted molar refractivity (Wildman–Crippen MR) is 72.1 cm³/mol. The quantitative estimate of drug-likeness (QED) is 0.824. The molecule has 1 heterocycles. The van der Waals surface area contributed by atoms with Gasteiger partial charge in [0.25, 0.3) is 0 Å². The monoisotopic (exact) mass is 256 g/mol. The summed E-state index contributed by atoms with van der Waals surface area (Å²) in [5.74, 6) is 5.25. The van der Waals surface area contributed by atoms with Gasteiger partial charge in [0.05, 0.1) is 6.54 Å². The van der Waals surface area contributed by atoms with Crippen LogP contribution < -0.4 is 11.2 Å². The zero-order valence-corrected chi connectivity index (χ0v) is 10.3. The maximum Gasteiger partial charge on any atom is 0.181 e. The van der Waals surface area contributed by atoms with Crippen molar-refractivity contribution >= 4 is 0 Å². The van der Waals surface area contributed by atoms with Gasteiger partial charge in [-0.15, -0.1) is 0 Å². The molecule has 19 heavy (non-hydrogen) atoms. The highest BCUT2D eigenvalue weighted by Gasteiger charge is 2.02. The third-order valence-electron chi connectivity index (χ3n) is 2.61. The van der Waals surface area contributed by atoms with Crippen LogP contribution in [0.25, 0.3) is 0 Å². The first-order chi connectivity index (χ1) is 9.19. The molecule has 2 rings (SSSR count). The molecule has 0 aliphatic rings. The summed E-state index contributed by atoms with van der Waals surface area (Å²) in [6, 6.07) is 7.43. The van der Waals surface area contributed by atoms with E-state index in [0.717, 1.165) is 5.56 Å². The molecule has 0 bridgehead atoms. The van der Waals surface area contributed by atoms with E-state index in [4.69, 9.17) is 5.73 Å². The number of hydrogen-bond acceptors (Lipinski definition) is 2. The van der Waals surface area contributed by atoms with E-state index in [0.29, 0.717) is 12.1 Å². The lowest BCUT2D eigenvalue weighted by Crippen LogP contribution is -2.06. The van der Waals surface area contributed by atoms with Gasteiger partial charge in [0.15, 0.2) is 5.43 Å². The SMILES string of the molecule is NCC#Cc1cc(F)ccc1Cn1ccc(=O)cc1. The van der Waals surface area contributed by atoms with Crippen LogP contribution in [0.2, 0.25) is 0 Å². The number of benzene rings is 1. The van der Waals surface area contributed by atoms with Crippen molar-refractivity contribution in [3.05, 3.63) is 69.9 Å². The molecule has 0 radical (unpaired) electrons. The molecule has 3 nitrogen and oxygen atoms in total. The molecule has 1 aromatic carbocycles.